The third-order valence-electron chi connectivity index (χ3n) is 3.68. The Balaban J connectivity index is 3.18. The lowest BCUT2D eigenvalue weighted by Gasteiger charge is -2.46. The quantitative estimate of drug-likeness (QED) is 0.669. The lowest BCUT2D eigenvalue weighted by Crippen LogP contribution is -2.62. The van der Waals surface area contributed by atoms with Gasteiger partial charge in [-0.3, -0.25) is 10.2 Å². The van der Waals surface area contributed by atoms with Crippen molar-refractivity contribution in [3.05, 3.63) is 30.3 Å². The Morgan fingerprint density at radius 2 is 1.67 bits per heavy atom. The number of hydrazine groups is 1. The second kappa shape index (κ2) is 5.14. The molecule has 0 saturated carbocycles. The van der Waals surface area contributed by atoms with Crippen molar-refractivity contribution in [3.8, 4) is 0 Å². The van der Waals surface area contributed by atoms with Gasteiger partial charge in [-0.1, -0.05) is 39.0 Å². The number of rotatable bonds is 3. The summed E-state index contributed by atoms with van der Waals surface area (Å²) in [7, 11) is -1.84. The van der Waals surface area contributed by atoms with Gasteiger partial charge in [0.1, 0.15) is 0 Å². The molecule has 0 spiro atoms. The number of nitrogens with one attached hydrogen (secondary N) is 1. The van der Waals surface area contributed by atoms with E-state index in [2.05, 4.69) is 44.0 Å². The molecule has 0 heterocycles. The Morgan fingerprint density at radius 3 is 2.06 bits per heavy atom. The zero-order chi connectivity index (χ0) is 14.0. The molecule has 4 heteroatoms. The van der Waals surface area contributed by atoms with Gasteiger partial charge >= 0.3 is 0 Å². The van der Waals surface area contributed by atoms with Crippen molar-refractivity contribution in [3.63, 3.8) is 0 Å². The van der Waals surface area contributed by atoms with Crippen molar-refractivity contribution in [2.24, 2.45) is 0 Å². The van der Waals surface area contributed by atoms with Crippen LogP contribution >= 0.6 is 0 Å². The van der Waals surface area contributed by atoms with Gasteiger partial charge in [0.25, 0.3) is 0 Å². The summed E-state index contributed by atoms with van der Waals surface area (Å²) in [5.74, 6) is -0.0244. The van der Waals surface area contributed by atoms with Crippen molar-refractivity contribution in [2.45, 2.75) is 45.8 Å². The number of amides is 1. The van der Waals surface area contributed by atoms with Crippen molar-refractivity contribution in [2.75, 3.05) is 4.67 Å². The SMILES string of the molecule is CC(=O)NN(c1ccccc1)[Si](C)(C)C(C)(C)C. The lowest BCUT2D eigenvalue weighted by molar-refractivity contribution is -0.118. The number of hydrogen-bond acceptors (Lipinski definition) is 2. The molecule has 0 saturated heterocycles. The smallest absolute Gasteiger partial charge is 0.234 e. The molecule has 0 aliphatic rings. The molecule has 1 N–H and O–H groups in total. The van der Waals surface area contributed by atoms with Crippen molar-refractivity contribution in [1.82, 2.24) is 5.43 Å². The van der Waals surface area contributed by atoms with Crippen molar-refractivity contribution < 1.29 is 4.79 Å². The maximum Gasteiger partial charge on any atom is 0.234 e. The third-order valence-corrected chi connectivity index (χ3v) is 8.84. The molecular formula is C14H24N2OSi. The molecular weight excluding hydrogens is 240 g/mol. The van der Waals surface area contributed by atoms with Crippen molar-refractivity contribution >= 4 is 19.8 Å². The molecule has 0 atom stereocenters. The first-order valence-corrected chi connectivity index (χ1v) is 9.23. The highest BCUT2D eigenvalue weighted by atomic mass is 28.3. The summed E-state index contributed by atoms with van der Waals surface area (Å²) < 4.78 is 2.09. The average molecular weight is 264 g/mol. The normalized spacial score (nSPS) is 12.1. The molecule has 1 aromatic rings. The van der Waals surface area contributed by atoms with Gasteiger partial charge in [0.05, 0.1) is 0 Å². The van der Waals surface area contributed by atoms with E-state index in [0.29, 0.717) is 0 Å². The van der Waals surface area contributed by atoms with E-state index in [4.69, 9.17) is 0 Å². The van der Waals surface area contributed by atoms with Gasteiger partial charge in [0, 0.05) is 12.6 Å². The van der Waals surface area contributed by atoms with Crippen LogP contribution in [0.5, 0.6) is 0 Å². The highest BCUT2D eigenvalue weighted by Crippen LogP contribution is 2.39. The molecule has 0 bridgehead atoms. The van der Waals surface area contributed by atoms with Crippen LogP contribution in [-0.2, 0) is 4.79 Å². The number of benzene rings is 1. The maximum absolute atomic E-state index is 11.5. The van der Waals surface area contributed by atoms with E-state index in [1.54, 1.807) is 6.92 Å². The molecule has 1 amide bonds. The molecule has 0 aromatic heterocycles. The van der Waals surface area contributed by atoms with Crippen LogP contribution < -0.4 is 10.1 Å². The highest BCUT2D eigenvalue weighted by Gasteiger charge is 2.42. The third kappa shape index (κ3) is 3.13. The number of anilines is 1. The average Bonchev–Trinajstić information content (AvgIpc) is 2.25. The molecule has 3 nitrogen and oxygen atoms in total. The second-order valence-electron chi connectivity index (χ2n) is 6.15. The Hall–Kier alpha value is -1.29. The minimum absolute atomic E-state index is 0.0244. The summed E-state index contributed by atoms with van der Waals surface area (Å²) in [5.41, 5.74) is 4.05. The molecule has 100 valence electrons. The minimum atomic E-state index is -1.84. The highest BCUT2D eigenvalue weighted by molar-refractivity contribution is 6.83. The van der Waals surface area contributed by atoms with Crippen LogP contribution in [0.4, 0.5) is 5.69 Å². The number of carbonyl (C=O) groups is 1. The topological polar surface area (TPSA) is 32.3 Å². The van der Waals surface area contributed by atoms with Crippen LogP contribution in [0, 0.1) is 0 Å². The number of carbonyl (C=O) groups excluding carboxylic acids is 1. The zero-order valence-electron chi connectivity index (χ0n) is 12.2. The first-order chi connectivity index (χ1) is 8.16. The Kier molecular flexibility index (Phi) is 4.22. The first kappa shape index (κ1) is 14.8. The fraction of sp³-hybridized carbons (Fsp3) is 0.500. The van der Waals surface area contributed by atoms with E-state index >= 15 is 0 Å². The Labute approximate surface area is 111 Å². The number of para-hydroxylation sites is 1. The monoisotopic (exact) mass is 264 g/mol. The predicted octanol–water partition coefficient (Wildman–Crippen LogP) is 3.55. The van der Waals surface area contributed by atoms with E-state index in [-0.39, 0.29) is 10.9 Å². The van der Waals surface area contributed by atoms with Crippen LogP contribution in [0.2, 0.25) is 18.1 Å². The Morgan fingerprint density at radius 1 is 1.17 bits per heavy atom. The summed E-state index contributed by atoms with van der Waals surface area (Å²) in [4.78, 5) is 11.5. The van der Waals surface area contributed by atoms with E-state index in [0.717, 1.165) is 5.69 Å². The molecule has 0 aliphatic carbocycles. The fourth-order valence-electron chi connectivity index (χ4n) is 1.60. The van der Waals surface area contributed by atoms with Gasteiger partial charge in [-0.05, 0) is 30.3 Å². The standard InChI is InChI=1S/C14H24N2OSi/c1-12(17)15-16(13-10-8-7-9-11-13)18(5,6)14(2,3)4/h7-11H,1-6H3,(H,15,17). The lowest BCUT2D eigenvalue weighted by atomic mass is 10.2. The van der Waals surface area contributed by atoms with E-state index in [1.165, 1.54) is 0 Å². The molecule has 1 aromatic carbocycles. The molecule has 0 aliphatic heterocycles. The molecule has 1 rings (SSSR count). The summed E-state index contributed by atoms with van der Waals surface area (Å²) >= 11 is 0. The van der Waals surface area contributed by atoms with Gasteiger partial charge in [0.2, 0.25) is 5.91 Å². The molecule has 0 fully saturated rings. The van der Waals surface area contributed by atoms with E-state index in [9.17, 15) is 4.79 Å². The fourth-order valence-corrected chi connectivity index (χ4v) is 3.50. The summed E-state index contributed by atoms with van der Waals surface area (Å²) in [6.45, 7) is 12.8. The largest absolute Gasteiger partial charge is 0.314 e. The summed E-state index contributed by atoms with van der Waals surface area (Å²) in [5, 5.41) is 0.158. The predicted molar refractivity (Wildman–Crippen MR) is 79.9 cm³/mol. The van der Waals surface area contributed by atoms with Crippen LogP contribution in [0.25, 0.3) is 0 Å². The van der Waals surface area contributed by atoms with Gasteiger partial charge in [0.15, 0.2) is 8.24 Å². The first-order valence-electron chi connectivity index (χ1n) is 6.29. The van der Waals surface area contributed by atoms with Crippen molar-refractivity contribution in [1.29, 1.82) is 0 Å². The molecule has 18 heavy (non-hydrogen) atoms. The van der Waals surface area contributed by atoms with E-state index in [1.807, 2.05) is 30.3 Å². The van der Waals surface area contributed by atoms with Crippen LogP contribution in [0.1, 0.15) is 27.7 Å². The summed E-state index contributed by atoms with van der Waals surface area (Å²) in [6, 6.07) is 10.1. The van der Waals surface area contributed by atoms with Crippen LogP contribution in [-0.4, -0.2) is 14.1 Å². The minimum Gasteiger partial charge on any atom is -0.314 e. The van der Waals surface area contributed by atoms with Crippen LogP contribution in [0.3, 0.4) is 0 Å². The van der Waals surface area contributed by atoms with Gasteiger partial charge in [-0.2, -0.15) is 0 Å². The van der Waals surface area contributed by atoms with Gasteiger partial charge < -0.3 is 4.67 Å². The Bertz CT molecular complexity index is 410. The molecule has 0 radical (unpaired) electrons. The number of hydrogen-bond donors (Lipinski definition) is 1. The number of nitrogens with zero attached hydrogens (tertiary/aromatic N) is 1. The van der Waals surface area contributed by atoms with E-state index < -0.39 is 8.24 Å². The second-order valence-corrected chi connectivity index (χ2v) is 11.2. The zero-order valence-corrected chi connectivity index (χ0v) is 13.2. The molecule has 0 unspecified atom stereocenters. The summed E-state index contributed by atoms with van der Waals surface area (Å²) in [6.07, 6.45) is 0. The maximum atomic E-state index is 11.5. The van der Waals surface area contributed by atoms with Gasteiger partial charge in [-0.25, -0.2) is 0 Å². The van der Waals surface area contributed by atoms with Crippen LogP contribution in [0.15, 0.2) is 30.3 Å². The van der Waals surface area contributed by atoms with Gasteiger partial charge in [-0.15, -0.1) is 0 Å².